The van der Waals surface area contributed by atoms with Gasteiger partial charge in [0.2, 0.25) is 12.5 Å². The van der Waals surface area contributed by atoms with Crippen LogP contribution in [0.2, 0.25) is 0 Å². The van der Waals surface area contributed by atoms with E-state index >= 15 is 0 Å². The molecule has 0 amide bonds. The van der Waals surface area contributed by atoms with Crippen LogP contribution in [0.15, 0.2) is 12.1 Å². The van der Waals surface area contributed by atoms with E-state index in [9.17, 15) is 4.79 Å². The van der Waals surface area contributed by atoms with Crippen LogP contribution in [0.25, 0.3) is 0 Å². The minimum Gasteiger partial charge on any atom is -0.492 e. The highest BCUT2D eigenvalue weighted by Gasteiger charge is 2.23. The third kappa shape index (κ3) is 1.50. The molecule has 0 aromatic heterocycles. The number of ketones is 1. The van der Waals surface area contributed by atoms with Crippen molar-refractivity contribution in [2.75, 3.05) is 20.4 Å². The summed E-state index contributed by atoms with van der Waals surface area (Å²) in [6.07, 6.45) is 0. The Balaban J connectivity index is 2.52. The van der Waals surface area contributed by atoms with Gasteiger partial charge in [-0.25, -0.2) is 0 Å². The lowest BCUT2D eigenvalue weighted by Gasteiger charge is -2.09. The van der Waals surface area contributed by atoms with Gasteiger partial charge in [-0.2, -0.15) is 0 Å². The maximum absolute atomic E-state index is 11.5. The normalized spacial score (nSPS) is 12.7. The summed E-state index contributed by atoms with van der Waals surface area (Å²) in [4.78, 5) is 11.5. The van der Waals surface area contributed by atoms with Crippen molar-refractivity contribution in [3.05, 3.63) is 17.7 Å². The standard InChI is InChI=1S/C10H11NO4/c1-13-9-6(7(12)4-11)2-3-8-10(9)15-5-14-8/h2-3H,4-5,11H2,1H3. The second-order valence-electron chi connectivity index (χ2n) is 3.01. The maximum Gasteiger partial charge on any atom is 0.231 e. The number of Topliss-reactive ketones (excluding diaryl/α,β-unsaturated/α-hetero) is 1. The molecule has 0 bridgehead atoms. The van der Waals surface area contributed by atoms with Gasteiger partial charge in [0.05, 0.1) is 19.2 Å². The van der Waals surface area contributed by atoms with Gasteiger partial charge in [0, 0.05) is 0 Å². The Morgan fingerprint density at radius 3 is 3.00 bits per heavy atom. The molecule has 5 heteroatoms. The Hall–Kier alpha value is -1.75. The van der Waals surface area contributed by atoms with Crippen LogP contribution < -0.4 is 19.9 Å². The Kier molecular flexibility index (Phi) is 2.47. The van der Waals surface area contributed by atoms with E-state index in [1.165, 1.54) is 7.11 Å². The highest BCUT2D eigenvalue weighted by Crippen LogP contribution is 2.42. The first-order chi connectivity index (χ1) is 7.27. The first kappa shape index (κ1) is 9.79. The number of hydrogen-bond acceptors (Lipinski definition) is 5. The molecule has 1 aromatic rings. The number of rotatable bonds is 3. The monoisotopic (exact) mass is 209 g/mol. The molecule has 5 nitrogen and oxygen atoms in total. The third-order valence-corrected chi connectivity index (χ3v) is 2.18. The highest BCUT2D eigenvalue weighted by molar-refractivity contribution is 6.01. The Morgan fingerprint density at radius 2 is 2.33 bits per heavy atom. The second kappa shape index (κ2) is 3.78. The van der Waals surface area contributed by atoms with Gasteiger partial charge in [-0.1, -0.05) is 0 Å². The average Bonchev–Trinajstić information content (AvgIpc) is 2.74. The van der Waals surface area contributed by atoms with Crippen molar-refractivity contribution in [3.8, 4) is 17.2 Å². The zero-order valence-corrected chi connectivity index (χ0v) is 8.28. The van der Waals surface area contributed by atoms with Crippen molar-refractivity contribution in [3.63, 3.8) is 0 Å². The zero-order chi connectivity index (χ0) is 10.8. The van der Waals surface area contributed by atoms with Crippen LogP contribution in [0.3, 0.4) is 0 Å². The molecule has 0 saturated carbocycles. The summed E-state index contributed by atoms with van der Waals surface area (Å²) in [5.74, 6) is 1.25. The molecule has 1 heterocycles. The van der Waals surface area contributed by atoms with E-state index < -0.39 is 0 Å². The lowest BCUT2D eigenvalue weighted by atomic mass is 10.1. The van der Waals surface area contributed by atoms with Crippen LogP contribution in [0.5, 0.6) is 17.2 Å². The molecule has 1 aliphatic heterocycles. The topological polar surface area (TPSA) is 70.8 Å². The van der Waals surface area contributed by atoms with Crippen molar-refractivity contribution >= 4 is 5.78 Å². The molecule has 0 saturated heterocycles. The van der Waals surface area contributed by atoms with Gasteiger partial charge in [-0.05, 0) is 12.1 Å². The van der Waals surface area contributed by atoms with Crippen LogP contribution in [-0.2, 0) is 0 Å². The van der Waals surface area contributed by atoms with E-state index in [4.69, 9.17) is 19.9 Å². The fourth-order valence-electron chi connectivity index (χ4n) is 1.48. The van der Waals surface area contributed by atoms with E-state index in [0.717, 1.165) is 0 Å². The fraction of sp³-hybridized carbons (Fsp3) is 0.300. The molecule has 0 spiro atoms. The number of hydrogen-bond donors (Lipinski definition) is 1. The summed E-state index contributed by atoms with van der Waals surface area (Å²) < 4.78 is 15.5. The van der Waals surface area contributed by atoms with Crippen LogP contribution in [0.4, 0.5) is 0 Å². The molecule has 2 N–H and O–H groups in total. The summed E-state index contributed by atoms with van der Waals surface area (Å²) in [6, 6.07) is 3.30. The number of benzene rings is 1. The van der Waals surface area contributed by atoms with Crippen molar-refractivity contribution in [1.82, 2.24) is 0 Å². The van der Waals surface area contributed by atoms with Gasteiger partial charge in [0.1, 0.15) is 0 Å². The quantitative estimate of drug-likeness (QED) is 0.737. The molecular weight excluding hydrogens is 198 g/mol. The van der Waals surface area contributed by atoms with Crippen molar-refractivity contribution in [1.29, 1.82) is 0 Å². The SMILES string of the molecule is COc1c(C(=O)CN)ccc2c1OCO2. The van der Waals surface area contributed by atoms with E-state index in [1.54, 1.807) is 12.1 Å². The largest absolute Gasteiger partial charge is 0.492 e. The van der Waals surface area contributed by atoms with Crippen molar-refractivity contribution < 1.29 is 19.0 Å². The highest BCUT2D eigenvalue weighted by atomic mass is 16.7. The second-order valence-corrected chi connectivity index (χ2v) is 3.01. The number of fused-ring (bicyclic) bond motifs is 1. The van der Waals surface area contributed by atoms with Crippen molar-refractivity contribution in [2.45, 2.75) is 0 Å². The van der Waals surface area contributed by atoms with Crippen LogP contribution >= 0.6 is 0 Å². The zero-order valence-electron chi connectivity index (χ0n) is 8.28. The van der Waals surface area contributed by atoms with Crippen LogP contribution in [-0.4, -0.2) is 26.2 Å². The van der Waals surface area contributed by atoms with E-state index in [2.05, 4.69) is 0 Å². The van der Waals surface area contributed by atoms with Crippen LogP contribution in [0.1, 0.15) is 10.4 Å². The molecule has 80 valence electrons. The van der Waals surface area contributed by atoms with Gasteiger partial charge < -0.3 is 19.9 Å². The smallest absolute Gasteiger partial charge is 0.231 e. The number of carbonyl (C=O) groups is 1. The number of carbonyl (C=O) groups excluding carboxylic acids is 1. The van der Waals surface area contributed by atoms with E-state index in [1.807, 2.05) is 0 Å². The molecular formula is C10H11NO4. The number of ether oxygens (including phenoxy) is 3. The Morgan fingerprint density at radius 1 is 1.53 bits per heavy atom. The molecule has 0 aliphatic carbocycles. The van der Waals surface area contributed by atoms with Gasteiger partial charge in [0.25, 0.3) is 0 Å². The first-order valence-corrected chi connectivity index (χ1v) is 4.47. The Bertz CT molecular complexity index is 403. The summed E-state index contributed by atoms with van der Waals surface area (Å²) in [5.41, 5.74) is 5.72. The molecule has 1 aliphatic rings. The first-order valence-electron chi connectivity index (χ1n) is 4.47. The fourth-order valence-corrected chi connectivity index (χ4v) is 1.48. The van der Waals surface area contributed by atoms with E-state index in [0.29, 0.717) is 22.8 Å². The summed E-state index contributed by atoms with van der Waals surface area (Å²) >= 11 is 0. The van der Waals surface area contributed by atoms with Crippen LogP contribution in [0, 0.1) is 0 Å². The maximum atomic E-state index is 11.5. The molecule has 0 fully saturated rings. The number of methoxy groups -OCH3 is 1. The average molecular weight is 209 g/mol. The van der Waals surface area contributed by atoms with E-state index in [-0.39, 0.29) is 19.1 Å². The molecule has 0 atom stereocenters. The minimum absolute atomic E-state index is 0.0595. The van der Waals surface area contributed by atoms with Gasteiger partial charge in [0.15, 0.2) is 17.3 Å². The molecule has 15 heavy (non-hydrogen) atoms. The summed E-state index contributed by atoms with van der Waals surface area (Å²) in [5, 5.41) is 0. The number of nitrogens with two attached hydrogens (primary N) is 1. The molecule has 1 aromatic carbocycles. The van der Waals surface area contributed by atoms with Gasteiger partial charge in [-0.15, -0.1) is 0 Å². The molecule has 0 unspecified atom stereocenters. The lowest BCUT2D eigenvalue weighted by molar-refractivity contribution is 0.0997. The third-order valence-electron chi connectivity index (χ3n) is 2.18. The van der Waals surface area contributed by atoms with Gasteiger partial charge in [-0.3, -0.25) is 4.79 Å². The minimum atomic E-state index is -0.190. The van der Waals surface area contributed by atoms with Crippen molar-refractivity contribution in [2.24, 2.45) is 5.73 Å². The molecule has 0 radical (unpaired) electrons. The molecule has 2 rings (SSSR count). The lowest BCUT2D eigenvalue weighted by Crippen LogP contribution is -2.14. The predicted molar refractivity (Wildman–Crippen MR) is 52.5 cm³/mol. The van der Waals surface area contributed by atoms with Gasteiger partial charge >= 0.3 is 0 Å². The summed E-state index contributed by atoms with van der Waals surface area (Å²) in [7, 11) is 1.48. The Labute approximate surface area is 86.7 Å². The predicted octanol–water partition coefficient (Wildman–Crippen LogP) is 0.565. The summed E-state index contributed by atoms with van der Waals surface area (Å²) in [6.45, 7) is 0.0853.